The van der Waals surface area contributed by atoms with Crippen LogP contribution in [-0.4, -0.2) is 61.0 Å². The second kappa shape index (κ2) is 9.80. The summed E-state index contributed by atoms with van der Waals surface area (Å²) in [6.45, 7) is 6.39. The fourth-order valence-electron chi connectivity index (χ4n) is 3.48. The third-order valence-corrected chi connectivity index (χ3v) is 5.43. The lowest BCUT2D eigenvalue weighted by Crippen LogP contribution is -2.56. The molecule has 0 radical (unpaired) electrons. The van der Waals surface area contributed by atoms with Gasteiger partial charge in [0.25, 0.3) is 5.91 Å². The number of carbonyl (C=O) groups is 2. The molecule has 1 aromatic heterocycles. The molecule has 2 amide bonds. The van der Waals surface area contributed by atoms with Crippen LogP contribution in [0, 0.1) is 5.92 Å². The van der Waals surface area contributed by atoms with Crippen molar-refractivity contribution in [3.8, 4) is 5.75 Å². The summed E-state index contributed by atoms with van der Waals surface area (Å²) in [6, 6.07) is 10.0. The average Bonchev–Trinajstić information content (AvgIpc) is 2.77. The normalized spacial score (nSPS) is 15.1. The molecule has 0 bridgehead atoms. The summed E-state index contributed by atoms with van der Waals surface area (Å²) >= 11 is 6.04. The van der Waals surface area contributed by atoms with Gasteiger partial charge in [-0.3, -0.25) is 9.59 Å². The van der Waals surface area contributed by atoms with Crippen molar-refractivity contribution < 1.29 is 14.3 Å². The van der Waals surface area contributed by atoms with Crippen LogP contribution in [-0.2, 0) is 4.79 Å². The molecule has 1 aliphatic rings. The number of nitrogens with zero attached hydrogens (tertiary/aromatic N) is 3. The average molecular weight is 431 g/mol. The predicted octanol–water partition coefficient (Wildman–Crippen LogP) is 2.85. The first-order valence-electron chi connectivity index (χ1n) is 10.00. The SMILES string of the molecule is COc1ccc(Cl)cc1C(=O)NC(C(=O)N1CCN(c2ccccn2)CC1)C(C)C. The third kappa shape index (κ3) is 5.02. The largest absolute Gasteiger partial charge is 0.496 e. The minimum absolute atomic E-state index is 0.0690. The van der Waals surface area contributed by atoms with Crippen molar-refractivity contribution >= 4 is 29.2 Å². The molecule has 0 aliphatic carbocycles. The van der Waals surface area contributed by atoms with Crippen molar-refractivity contribution in [3.63, 3.8) is 0 Å². The van der Waals surface area contributed by atoms with Crippen LogP contribution in [0.5, 0.6) is 5.75 Å². The molecule has 8 heteroatoms. The number of benzene rings is 1. The maximum atomic E-state index is 13.2. The second-order valence-corrected chi connectivity index (χ2v) is 7.98. The van der Waals surface area contributed by atoms with E-state index in [1.54, 1.807) is 29.3 Å². The Labute approximate surface area is 182 Å². The van der Waals surface area contributed by atoms with E-state index in [1.165, 1.54) is 7.11 Å². The molecular formula is C22H27ClN4O3. The van der Waals surface area contributed by atoms with Gasteiger partial charge in [-0.25, -0.2) is 4.98 Å². The number of aromatic nitrogens is 1. The first kappa shape index (κ1) is 21.9. The molecule has 1 fully saturated rings. The summed E-state index contributed by atoms with van der Waals surface area (Å²) in [7, 11) is 1.49. The molecule has 7 nitrogen and oxygen atoms in total. The summed E-state index contributed by atoms with van der Waals surface area (Å²) in [4.78, 5) is 34.4. The maximum Gasteiger partial charge on any atom is 0.255 e. The number of rotatable bonds is 6. The monoisotopic (exact) mass is 430 g/mol. The van der Waals surface area contributed by atoms with E-state index in [0.717, 1.165) is 5.82 Å². The van der Waals surface area contributed by atoms with E-state index in [0.29, 0.717) is 42.5 Å². The Morgan fingerprint density at radius 1 is 1.13 bits per heavy atom. The van der Waals surface area contributed by atoms with Crippen molar-refractivity contribution in [1.29, 1.82) is 0 Å². The molecule has 1 aliphatic heterocycles. The molecule has 3 rings (SSSR count). The Morgan fingerprint density at radius 2 is 1.87 bits per heavy atom. The van der Waals surface area contributed by atoms with Crippen LogP contribution in [0.2, 0.25) is 5.02 Å². The van der Waals surface area contributed by atoms with E-state index in [-0.39, 0.29) is 17.7 Å². The zero-order chi connectivity index (χ0) is 21.7. The number of methoxy groups -OCH3 is 1. The molecule has 0 spiro atoms. The minimum Gasteiger partial charge on any atom is -0.496 e. The summed E-state index contributed by atoms with van der Waals surface area (Å²) in [5, 5.41) is 3.31. The highest BCUT2D eigenvalue weighted by Crippen LogP contribution is 2.23. The third-order valence-electron chi connectivity index (χ3n) is 5.19. The van der Waals surface area contributed by atoms with Crippen LogP contribution in [0.3, 0.4) is 0 Å². The van der Waals surface area contributed by atoms with Gasteiger partial charge in [0.05, 0.1) is 12.7 Å². The zero-order valence-electron chi connectivity index (χ0n) is 17.5. The number of nitrogens with one attached hydrogen (secondary N) is 1. The van der Waals surface area contributed by atoms with Gasteiger partial charge < -0.3 is 19.9 Å². The standard InChI is InChI=1S/C22H27ClN4O3/c1-15(2)20(25-21(28)17-14-16(23)7-8-18(17)30-3)22(29)27-12-10-26(11-13-27)19-6-4-5-9-24-19/h4-9,14-15,20H,10-13H2,1-3H3,(H,25,28). The van der Waals surface area contributed by atoms with Crippen molar-refractivity contribution in [2.24, 2.45) is 5.92 Å². The van der Waals surface area contributed by atoms with Crippen LogP contribution in [0.25, 0.3) is 0 Å². The Kier molecular flexibility index (Phi) is 7.15. The summed E-state index contributed by atoms with van der Waals surface area (Å²) in [5.74, 6) is 0.788. The predicted molar refractivity (Wildman–Crippen MR) is 117 cm³/mol. The van der Waals surface area contributed by atoms with Gasteiger partial charge in [0.2, 0.25) is 5.91 Å². The van der Waals surface area contributed by atoms with Gasteiger partial charge in [-0.2, -0.15) is 0 Å². The maximum absolute atomic E-state index is 13.2. The van der Waals surface area contributed by atoms with Crippen molar-refractivity contribution in [2.45, 2.75) is 19.9 Å². The molecule has 1 aromatic carbocycles. The molecular weight excluding hydrogens is 404 g/mol. The molecule has 2 heterocycles. The molecule has 1 atom stereocenters. The Bertz CT molecular complexity index is 883. The first-order chi connectivity index (χ1) is 14.4. The lowest BCUT2D eigenvalue weighted by molar-refractivity contribution is -0.134. The number of pyridine rings is 1. The van der Waals surface area contributed by atoms with Crippen LogP contribution in [0.1, 0.15) is 24.2 Å². The number of anilines is 1. The van der Waals surface area contributed by atoms with E-state index in [2.05, 4.69) is 15.2 Å². The quantitative estimate of drug-likeness (QED) is 0.762. The summed E-state index contributed by atoms with van der Waals surface area (Å²) in [5.41, 5.74) is 0.309. The topological polar surface area (TPSA) is 74.8 Å². The van der Waals surface area contributed by atoms with Gasteiger partial charge in [-0.05, 0) is 36.2 Å². The van der Waals surface area contributed by atoms with Crippen LogP contribution in [0.4, 0.5) is 5.82 Å². The van der Waals surface area contributed by atoms with E-state index in [4.69, 9.17) is 16.3 Å². The summed E-state index contributed by atoms with van der Waals surface area (Å²) < 4.78 is 5.27. The zero-order valence-corrected chi connectivity index (χ0v) is 18.2. The minimum atomic E-state index is -0.636. The van der Waals surface area contributed by atoms with Gasteiger partial charge in [-0.1, -0.05) is 31.5 Å². The van der Waals surface area contributed by atoms with Crippen LogP contribution < -0.4 is 15.0 Å². The highest BCUT2D eigenvalue weighted by Gasteiger charge is 2.31. The summed E-state index contributed by atoms with van der Waals surface area (Å²) in [6.07, 6.45) is 1.77. The van der Waals surface area contributed by atoms with Gasteiger partial charge >= 0.3 is 0 Å². The highest BCUT2D eigenvalue weighted by molar-refractivity contribution is 6.31. The fourth-order valence-corrected chi connectivity index (χ4v) is 3.66. The lowest BCUT2D eigenvalue weighted by atomic mass is 10.0. The van der Waals surface area contributed by atoms with Crippen molar-refractivity contribution in [2.75, 3.05) is 38.2 Å². The van der Waals surface area contributed by atoms with Crippen LogP contribution >= 0.6 is 11.6 Å². The number of ether oxygens (including phenoxy) is 1. The molecule has 1 saturated heterocycles. The Hall–Kier alpha value is -2.80. The Balaban J connectivity index is 1.67. The molecule has 1 N–H and O–H groups in total. The number of hydrogen-bond donors (Lipinski definition) is 1. The van der Waals surface area contributed by atoms with Crippen LogP contribution in [0.15, 0.2) is 42.6 Å². The lowest BCUT2D eigenvalue weighted by Gasteiger charge is -2.37. The molecule has 160 valence electrons. The van der Waals surface area contributed by atoms with Gasteiger partial charge in [-0.15, -0.1) is 0 Å². The number of amides is 2. The number of carbonyl (C=O) groups excluding carboxylic acids is 2. The van der Waals surface area contributed by atoms with Gasteiger partial charge in [0.1, 0.15) is 17.6 Å². The van der Waals surface area contributed by atoms with Crippen molar-refractivity contribution in [1.82, 2.24) is 15.2 Å². The van der Waals surface area contributed by atoms with Gasteiger partial charge in [0.15, 0.2) is 0 Å². The fraction of sp³-hybridized carbons (Fsp3) is 0.409. The van der Waals surface area contributed by atoms with E-state index >= 15 is 0 Å². The van der Waals surface area contributed by atoms with E-state index < -0.39 is 6.04 Å². The Morgan fingerprint density at radius 3 is 2.47 bits per heavy atom. The number of halogens is 1. The second-order valence-electron chi connectivity index (χ2n) is 7.54. The number of hydrogen-bond acceptors (Lipinski definition) is 5. The van der Waals surface area contributed by atoms with Crippen molar-refractivity contribution in [3.05, 3.63) is 53.2 Å². The molecule has 30 heavy (non-hydrogen) atoms. The smallest absolute Gasteiger partial charge is 0.255 e. The first-order valence-corrected chi connectivity index (χ1v) is 10.4. The molecule has 0 saturated carbocycles. The highest BCUT2D eigenvalue weighted by atomic mass is 35.5. The molecule has 2 aromatic rings. The molecule has 1 unspecified atom stereocenters. The van der Waals surface area contributed by atoms with E-state index in [1.807, 2.05) is 32.0 Å². The van der Waals surface area contributed by atoms with E-state index in [9.17, 15) is 9.59 Å². The van der Waals surface area contributed by atoms with Gasteiger partial charge in [0, 0.05) is 37.4 Å². The number of piperazine rings is 1.